The van der Waals surface area contributed by atoms with E-state index in [1.807, 2.05) is 13.0 Å². The van der Waals surface area contributed by atoms with Crippen molar-refractivity contribution < 1.29 is 4.92 Å². The minimum Gasteiger partial charge on any atom is -0.357 e. The molecule has 6 nitrogen and oxygen atoms in total. The van der Waals surface area contributed by atoms with Crippen LogP contribution in [0.4, 0.5) is 5.69 Å². The van der Waals surface area contributed by atoms with Crippen molar-refractivity contribution in [1.82, 2.24) is 10.2 Å². The number of rotatable bonds is 4. The van der Waals surface area contributed by atoms with Crippen molar-refractivity contribution >= 4 is 11.6 Å². The van der Waals surface area contributed by atoms with Gasteiger partial charge in [0.1, 0.15) is 0 Å². The zero-order valence-corrected chi connectivity index (χ0v) is 13.5. The Balaban J connectivity index is 2.10. The average molecular weight is 304 g/mol. The Morgan fingerprint density at radius 3 is 2.86 bits per heavy atom. The number of non-ortho nitro benzene ring substituents is 1. The Labute approximate surface area is 131 Å². The molecule has 0 atom stereocenters. The number of hydrogen-bond acceptors (Lipinski definition) is 3. The number of aliphatic imine (C=N–C) groups is 1. The van der Waals surface area contributed by atoms with Gasteiger partial charge in [0.05, 0.1) is 11.5 Å². The molecule has 1 aromatic carbocycles. The van der Waals surface area contributed by atoms with Gasteiger partial charge in [-0.15, -0.1) is 0 Å². The summed E-state index contributed by atoms with van der Waals surface area (Å²) in [5.41, 5.74) is 1.27. The fourth-order valence-electron chi connectivity index (χ4n) is 2.65. The summed E-state index contributed by atoms with van der Waals surface area (Å²) in [4.78, 5) is 17.4. The van der Waals surface area contributed by atoms with Crippen LogP contribution in [0, 0.1) is 15.5 Å². The van der Waals surface area contributed by atoms with E-state index in [1.54, 1.807) is 12.1 Å². The minimum atomic E-state index is -0.374. The number of nitrogens with one attached hydrogen (secondary N) is 1. The molecule has 1 aromatic rings. The van der Waals surface area contributed by atoms with Gasteiger partial charge in [-0.25, -0.2) is 4.99 Å². The first kappa shape index (κ1) is 16.3. The number of hydrogen-bond donors (Lipinski definition) is 1. The summed E-state index contributed by atoms with van der Waals surface area (Å²) in [7, 11) is 0. The molecule has 1 N–H and O–H groups in total. The molecule has 0 aromatic heterocycles. The zero-order valence-electron chi connectivity index (χ0n) is 13.5. The summed E-state index contributed by atoms with van der Waals surface area (Å²) in [6.07, 6.45) is 1.15. The Kier molecular flexibility index (Phi) is 5.00. The van der Waals surface area contributed by atoms with Crippen LogP contribution >= 0.6 is 0 Å². The fourth-order valence-corrected chi connectivity index (χ4v) is 2.65. The summed E-state index contributed by atoms with van der Waals surface area (Å²) < 4.78 is 0. The lowest BCUT2D eigenvalue weighted by atomic mass is 9.93. The number of likely N-dealkylation sites (tertiary alicyclic amines) is 1. The van der Waals surface area contributed by atoms with E-state index in [2.05, 4.69) is 29.1 Å². The van der Waals surface area contributed by atoms with Crippen molar-refractivity contribution in [2.75, 3.05) is 19.6 Å². The van der Waals surface area contributed by atoms with Crippen LogP contribution in [0.2, 0.25) is 0 Å². The number of benzene rings is 1. The van der Waals surface area contributed by atoms with E-state index in [4.69, 9.17) is 0 Å². The summed E-state index contributed by atoms with van der Waals surface area (Å²) in [5.74, 6) is 0.889. The van der Waals surface area contributed by atoms with Crippen molar-refractivity contribution in [2.24, 2.45) is 10.4 Å². The molecule has 0 spiro atoms. The highest BCUT2D eigenvalue weighted by molar-refractivity contribution is 5.80. The molecule has 0 aliphatic carbocycles. The maximum atomic E-state index is 10.8. The van der Waals surface area contributed by atoms with Crippen molar-refractivity contribution in [2.45, 2.75) is 33.7 Å². The topological polar surface area (TPSA) is 70.8 Å². The van der Waals surface area contributed by atoms with Crippen LogP contribution in [0.25, 0.3) is 0 Å². The number of nitrogens with zero attached hydrogens (tertiary/aromatic N) is 3. The van der Waals surface area contributed by atoms with Gasteiger partial charge >= 0.3 is 0 Å². The Hall–Kier alpha value is -2.11. The van der Waals surface area contributed by atoms with Crippen molar-refractivity contribution in [3.05, 3.63) is 39.9 Å². The highest BCUT2D eigenvalue weighted by atomic mass is 16.6. The maximum Gasteiger partial charge on any atom is 0.269 e. The van der Waals surface area contributed by atoms with Crippen molar-refractivity contribution in [1.29, 1.82) is 0 Å². The van der Waals surface area contributed by atoms with Crippen molar-refractivity contribution in [3.8, 4) is 0 Å². The van der Waals surface area contributed by atoms with Crippen LogP contribution in [-0.2, 0) is 6.54 Å². The second-order valence-electron chi connectivity index (χ2n) is 6.43. The molecule has 1 heterocycles. The first-order valence-electron chi connectivity index (χ1n) is 7.68. The monoisotopic (exact) mass is 304 g/mol. The van der Waals surface area contributed by atoms with E-state index in [0.29, 0.717) is 12.0 Å². The highest BCUT2D eigenvalue weighted by Gasteiger charge is 2.30. The first-order chi connectivity index (χ1) is 10.4. The van der Waals surface area contributed by atoms with Crippen LogP contribution in [-0.4, -0.2) is 35.4 Å². The minimum absolute atomic E-state index is 0.111. The molecule has 0 radical (unpaired) electrons. The Bertz CT molecular complexity index is 569. The molecule has 1 saturated heterocycles. The third kappa shape index (κ3) is 4.19. The standard InChI is InChI=1S/C16H24N4O2/c1-4-17-15(19-9-8-16(2,3)12-19)18-11-13-6-5-7-14(10-13)20(21)22/h5-7,10H,4,8-9,11-12H2,1-3H3,(H,17,18). The smallest absolute Gasteiger partial charge is 0.269 e. The zero-order chi connectivity index (χ0) is 16.2. The second-order valence-corrected chi connectivity index (χ2v) is 6.43. The summed E-state index contributed by atoms with van der Waals surface area (Å²) in [6.45, 7) is 9.80. The highest BCUT2D eigenvalue weighted by Crippen LogP contribution is 2.28. The van der Waals surface area contributed by atoms with Crippen LogP contribution in [0.15, 0.2) is 29.3 Å². The quantitative estimate of drug-likeness (QED) is 0.402. The van der Waals surface area contributed by atoms with Gasteiger partial charge in [-0.05, 0) is 24.3 Å². The molecule has 2 rings (SSSR count). The predicted octanol–water partition coefficient (Wildman–Crippen LogP) is 2.79. The Morgan fingerprint density at radius 1 is 1.50 bits per heavy atom. The van der Waals surface area contributed by atoms with Gasteiger partial charge in [-0.1, -0.05) is 26.0 Å². The van der Waals surface area contributed by atoms with Gasteiger partial charge < -0.3 is 10.2 Å². The SMILES string of the molecule is CCNC(=NCc1cccc([N+](=O)[O-])c1)N1CCC(C)(C)C1. The molecule has 0 saturated carbocycles. The lowest BCUT2D eigenvalue weighted by Gasteiger charge is -2.23. The van der Waals surface area contributed by atoms with Gasteiger partial charge in [-0.2, -0.15) is 0 Å². The van der Waals surface area contributed by atoms with E-state index in [0.717, 1.165) is 37.6 Å². The van der Waals surface area contributed by atoms with Crippen molar-refractivity contribution in [3.63, 3.8) is 0 Å². The van der Waals surface area contributed by atoms with Crippen LogP contribution < -0.4 is 5.32 Å². The fraction of sp³-hybridized carbons (Fsp3) is 0.562. The molecule has 22 heavy (non-hydrogen) atoms. The van der Waals surface area contributed by atoms with Crippen LogP contribution in [0.5, 0.6) is 0 Å². The average Bonchev–Trinajstić information content (AvgIpc) is 2.84. The predicted molar refractivity (Wildman–Crippen MR) is 87.9 cm³/mol. The molecule has 0 amide bonds. The van der Waals surface area contributed by atoms with Gasteiger partial charge in [0, 0.05) is 31.8 Å². The molecular formula is C16H24N4O2. The number of nitro benzene ring substituents is 1. The molecule has 6 heteroatoms. The summed E-state index contributed by atoms with van der Waals surface area (Å²) in [6, 6.07) is 6.66. The number of guanidine groups is 1. The lowest BCUT2D eigenvalue weighted by Crippen LogP contribution is -2.40. The van der Waals surface area contributed by atoms with E-state index in [-0.39, 0.29) is 10.6 Å². The third-order valence-electron chi connectivity index (χ3n) is 3.84. The lowest BCUT2D eigenvalue weighted by molar-refractivity contribution is -0.384. The van der Waals surface area contributed by atoms with Crippen LogP contribution in [0.3, 0.4) is 0 Å². The normalized spacial score (nSPS) is 17.6. The van der Waals surface area contributed by atoms with E-state index in [1.165, 1.54) is 6.07 Å². The van der Waals surface area contributed by atoms with Gasteiger partial charge in [0.2, 0.25) is 0 Å². The largest absolute Gasteiger partial charge is 0.357 e. The van der Waals surface area contributed by atoms with Crippen LogP contribution in [0.1, 0.15) is 32.8 Å². The van der Waals surface area contributed by atoms with Gasteiger partial charge in [0.15, 0.2) is 5.96 Å². The third-order valence-corrected chi connectivity index (χ3v) is 3.84. The molecule has 1 fully saturated rings. The molecule has 1 aliphatic rings. The molecule has 120 valence electrons. The van der Waals surface area contributed by atoms with E-state index in [9.17, 15) is 10.1 Å². The molecular weight excluding hydrogens is 280 g/mol. The maximum absolute atomic E-state index is 10.8. The number of nitro groups is 1. The summed E-state index contributed by atoms with van der Waals surface area (Å²) >= 11 is 0. The Morgan fingerprint density at radius 2 is 2.27 bits per heavy atom. The van der Waals surface area contributed by atoms with Gasteiger partial charge in [-0.3, -0.25) is 10.1 Å². The van der Waals surface area contributed by atoms with E-state index >= 15 is 0 Å². The first-order valence-corrected chi connectivity index (χ1v) is 7.68. The molecule has 0 bridgehead atoms. The molecule has 1 aliphatic heterocycles. The van der Waals surface area contributed by atoms with E-state index < -0.39 is 0 Å². The summed E-state index contributed by atoms with van der Waals surface area (Å²) in [5, 5.41) is 14.1. The van der Waals surface area contributed by atoms with Gasteiger partial charge in [0.25, 0.3) is 5.69 Å². The second kappa shape index (κ2) is 6.77. The molecule has 0 unspecified atom stereocenters.